The Labute approximate surface area is 104 Å². The van der Waals surface area contributed by atoms with E-state index in [1.165, 1.54) is 6.42 Å². The number of hydrogen-bond donors (Lipinski definition) is 1. The lowest BCUT2D eigenvalue weighted by molar-refractivity contribution is 0.0632. The summed E-state index contributed by atoms with van der Waals surface area (Å²) in [4.78, 5) is 11.2. The molecule has 1 heterocycles. The van der Waals surface area contributed by atoms with Crippen molar-refractivity contribution >= 4 is 6.09 Å². The van der Waals surface area contributed by atoms with Gasteiger partial charge in [-0.15, -0.1) is 0 Å². The van der Waals surface area contributed by atoms with Crippen LogP contribution in [0.1, 0.15) is 39.5 Å². The summed E-state index contributed by atoms with van der Waals surface area (Å²) >= 11 is 0. The maximum absolute atomic E-state index is 11.2. The molecule has 1 amide bonds. The highest BCUT2D eigenvalue weighted by molar-refractivity contribution is 5.66. The summed E-state index contributed by atoms with van der Waals surface area (Å²) in [6.45, 7) is 7.06. The van der Waals surface area contributed by atoms with Gasteiger partial charge in [0.1, 0.15) is 0 Å². The summed E-state index contributed by atoms with van der Waals surface area (Å²) in [6, 6.07) is 0. The van der Waals surface area contributed by atoms with Crippen LogP contribution in [-0.2, 0) is 9.47 Å². The van der Waals surface area contributed by atoms with Crippen molar-refractivity contribution in [3.63, 3.8) is 0 Å². The Morgan fingerprint density at radius 3 is 2.76 bits per heavy atom. The lowest BCUT2D eigenvalue weighted by Crippen LogP contribution is -2.27. The van der Waals surface area contributed by atoms with Crippen LogP contribution in [0.25, 0.3) is 0 Å². The molecule has 0 radical (unpaired) electrons. The van der Waals surface area contributed by atoms with Crippen LogP contribution in [0.2, 0.25) is 0 Å². The van der Waals surface area contributed by atoms with E-state index in [1.54, 1.807) is 0 Å². The van der Waals surface area contributed by atoms with E-state index < -0.39 is 0 Å². The minimum atomic E-state index is -0.286. The Bertz CT molecular complexity index is 213. The van der Waals surface area contributed by atoms with E-state index in [9.17, 15) is 4.79 Å². The van der Waals surface area contributed by atoms with Crippen molar-refractivity contribution in [1.82, 2.24) is 5.32 Å². The predicted molar refractivity (Wildman–Crippen MR) is 67.0 cm³/mol. The van der Waals surface area contributed by atoms with Crippen LogP contribution in [0, 0.1) is 11.8 Å². The molecular weight excluding hydrogens is 218 g/mol. The van der Waals surface area contributed by atoms with Crippen molar-refractivity contribution in [3.8, 4) is 0 Å². The summed E-state index contributed by atoms with van der Waals surface area (Å²) in [7, 11) is 0. The molecule has 1 saturated heterocycles. The molecule has 0 unspecified atom stereocenters. The molecule has 0 aliphatic carbocycles. The van der Waals surface area contributed by atoms with Gasteiger partial charge in [-0.25, -0.2) is 4.79 Å². The van der Waals surface area contributed by atoms with Gasteiger partial charge in [0.2, 0.25) is 0 Å². The van der Waals surface area contributed by atoms with Gasteiger partial charge < -0.3 is 14.8 Å². The number of carbonyl (C=O) groups excluding carboxylic acids is 1. The number of rotatable bonds is 6. The van der Waals surface area contributed by atoms with Gasteiger partial charge in [-0.05, 0) is 37.5 Å². The molecule has 1 fully saturated rings. The third-order valence-corrected chi connectivity index (χ3v) is 2.95. The van der Waals surface area contributed by atoms with Crippen LogP contribution < -0.4 is 5.32 Å². The quantitative estimate of drug-likeness (QED) is 0.729. The monoisotopic (exact) mass is 243 g/mol. The van der Waals surface area contributed by atoms with Gasteiger partial charge in [0.25, 0.3) is 0 Å². The second kappa shape index (κ2) is 8.34. The first-order valence-electron chi connectivity index (χ1n) is 6.67. The fraction of sp³-hybridized carbons (Fsp3) is 0.923. The Morgan fingerprint density at radius 1 is 1.41 bits per heavy atom. The molecule has 1 N–H and O–H groups in total. The first-order chi connectivity index (χ1) is 8.18. The smallest absolute Gasteiger partial charge is 0.407 e. The maximum atomic E-state index is 11.2. The molecule has 0 spiro atoms. The summed E-state index contributed by atoms with van der Waals surface area (Å²) in [6.07, 6.45) is 4.25. The molecule has 0 atom stereocenters. The fourth-order valence-electron chi connectivity index (χ4n) is 1.91. The van der Waals surface area contributed by atoms with Gasteiger partial charge in [-0.1, -0.05) is 13.8 Å². The second-order valence-corrected chi connectivity index (χ2v) is 5.12. The molecule has 100 valence electrons. The lowest BCUT2D eigenvalue weighted by atomic mass is 9.95. The SMILES string of the molecule is CC(C)COC(=O)NCCCC1CCOCC1. The molecule has 1 rings (SSSR count). The average Bonchev–Trinajstić information content (AvgIpc) is 2.33. The number of hydrogen-bond acceptors (Lipinski definition) is 3. The Kier molecular flexibility index (Phi) is 7.01. The molecule has 4 heteroatoms. The van der Waals surface area contributed by atoms with E-state index in [0.717, 1.165) is 38.4 Å². The fourth-order valence-corrected chi connectivity index (χ4v) is 1.91. The zero-order valence-electron chi connectivity index (χ0n) is 11.0. The molecule has 4 nitrogen and oxygen atoms in total. The first-order valence-corrected chi connectivity index (χ1v) is 6.67. The zero-order chi connectivity index (χ0) is 12.5. The lowest BCUT2D eigenvalue weighted by Gasteiger charge is -2.21. The summed E-state index contributed by atoms with van der Waals surface area (Å²) in [5.74, 6) is 1.17. The van der Waals surface area contributed by atoms with Crippen LogP contribution in [0.5, 0.6) is 0 Å². The molecule has 0 aromatic rings. The third-order valence-electron chi connectivity index (χ3n) is 2.95. The van der Waals surface area contributed by atoms with Crippen molar-refractivity contribution in [2.75, 3.05) is 26.4 Å². The van der Waals surface area contributed by atoms with E-state index >= 15 is 0 Å². The number of ether oxygens (including phenoxy) is 2. The van der Waals surface area contributed by atoms with Crippen molar-refractivity contribution in [2.24, 2.45) is 11.8 Å². The van der Waals surface area contributed by atoms with E-state index in [-0.39, 0.29) is 6.09 Å². The molecule has 1 aliphatic heterocycles. The standard InChI is InChI=1S/C13H25NO3/c1-11(2)10-17-13(15)14-7-3-4-12-5-8-16-9-6-12/h11-12H,3-10H2,1-2H3,(H,14,15). The van der Waals surface area contributed by atoms with Gasteiger partial charge in [0.15, 0.2) is 0 Å². The van der Waals surface area contributed by atoms with Gasteiger partial charge in [-0.2, -0.15) is 0 Å². The minimum absolute atomic E-state index is 0.286. The molecule has 1 aliphatic rings. The summed E-state index contributed by atoms with van der Waals surface area (Å²) in [5, 5.41) is 2.79. The van der Waals surface area contributed by atoms with E-state index in [0.29, 0.717) is 19.1 Å². The van der Waals surface area contributed by atoms with Crippen molar-refractivity contribution < 1.29 is 14.3 Å². The van der Waals surface area contributed by atoms with Crippen molar-refractivity contribution in [2.45, 2.75) is 39.5 Å². The topological polar surface area (TPSA) is 47.6 Å². The Balaban J connectivity index is 1.94. The Hall–Kier alpha value is -0.770. The Morgan fingerprint density at radius 2 is 2.12 bits per heavy atom. The van der Waals surface area contributed by atoms with Crippen LogP contribution in [-0.4, -0.2) is 32.5 Å². The molecule has 0 aromatic carbocycles. The zero-order valence-corrected chi connectivity index (χ0v) is 11.0. The minimum Gasteiger partial charge on any atom is -0.449 e. The van der Waals surface area contributed by atoms with Crippen molar-refractivity contribution in [1.29, 1.82) is 0 Å². The average molecular weight is 243 g/mol. The first kappa shape index (κ1) is 14.3. The highest BCUT2D eigenvalue weighted by atomic mass is 16.5. The van der Waals surface area contributed by atoms with Gasteiger partial charge >= 0.3 is 6.09 Å². The number of carbonyl (C=O) groups is 1. The number of alkyl carbamates (subject to hydrolysis) is 1. The van der Waals surface area contributed by atoms with Crippen LogP contribution in [0.4, 0.5) is 4.79 Å². The second-order valence-electron chi connectivity index (χ2n) is 5.12. The normalized spacial score (nSPS) is 17.1. The van der Waals surface area contributed by atoms with Crippen LogP contribution in [0.3, 0.4) is 0 Å². The predicted octanol–water partition coefficient (Wildman–Crippen LogP) is 2.58. The van der Waals surface area contributed by atoms with Crippen LogP contribution in [0.15, 0.2) is 0 Å². The summed E-state index contributed by atoms with van der Waals surface area (Å²) < 4.78 is 10.3. The van der Waals surface area contributed by atoms with E-state index in [1.807, 2.05) is 13.8 Å². The van der Waals surface area contributed by atoms with Crippen molar-refractivity contribution in [3.05, 3.63) is 0 Å². The number of nitrogens with one attached hydrogen (secondary N) is 1. The highest BCUT2D eigenvalue weighted by Gasteiger charge is 2.13. The molecule has 17 heavy (non-hydrogen) atoms. The molecule has 0 bridgehead atoms. The van der Waals surface area contributed by atoms with Gasteiger partial charge in [0, 0.05) is 19.8 Å². The van der Waals surface area contributed by atoms with Crippen LogP contribution >= 0.6 is 0 Å². The van der Waals surface area contributed by atoms with Gasteiger partial charge in [-0.3, -0.25) is 0 Å². The maximum Gasteiger partial charge on any atom is 0.407 e. The van der Waals surface area contributed by atoms with E-state index in [2.05, 4.69) is 5.32 Å². The molecule has 0 aromatic heterocycles. The number of amides is 1. The summed E-state index contributed by atoms with van der Waals surface area (Å²) in [5.41, 5.74) is 0. The van der Waals surface area contributed by atoms with E-state index in [4.69, 9.17) is 9.47 Å². The molecule has 0 saturated carbocycles. The van der Waals surface area contributed by atoms with Gasteiger partial charge in [0.05, 0.1) is 6.61 Å². The largest absolute Gasteiger partial charge is 0.449 e. The third kappa shape index (κ3) is 7.21. The molecular formula is C13H25NO3. The highest BCUT2D eigenvalue weighted by Crippen LogP contribution is 2.19.